The second-order valence-corrected chi connectivity index (χ2v) is 10.1. The van der Waals surface area contributed by atoms with Crippen LogP contribution in [0.25, 0.3) is 0 Å². The first-order chi connectivity index (χ1) is 19.1. The molecular formula is C30H40N4O6. The summed E-state index contributed by atoms with van der Waals surface area (Å²) in [6.07, 6.45) is 2.70. The summed E-state index contributed by atoms with van der Waals surface area (Å²) in [6, 6.07) is 17.4. The molecule has 2 aromatic rings. The van der Waals surface area contributed by atoms with Crippen LogP contribution in [0.3, 0.4) is 0 Å². The SMILES string of the molecule is CNC(=O)/C=C/[C@H](Cc1ccccc1)NC(=O)[C@H](CCCNC(=O)OCc1ccccc1)NC(=O)OC(C)(C)C. The molecule has 0 heterocycles. The van der Waals surface area contributed by atoms with Crippen LogP contribution in [0.1, 0.15) is 44.7 Å². The van der Waals surface area contributed by atoms with Crippen molar-refractivity contribution in [3.63, 3.8) is 0 Å². The molecule has 2 rings (SSSR count). The molecule has 0 bridgehead atoms. The topological polar surface area (TPSA) is 135 Å². The van der Waals surface area contributed by atoms with Gasteiger partial charge in [0, 0.05) is 19.7 Å². The van der Waals surface area contributed by atoms with Crippen molar-refractivity contribution in [2.45, 2.75) is 64.3 Å². The zero-order valence-electron chi connectivity index (χ0n) is 23.6. The smallest absolute Gasteiger partial charge is 0.408 e. The molecule has 10 heteroatoms. The third-order valence-corrected chi connectivity index (χ3v) is 5.51. The first kappa shape index (κ1) is 31.9. The lowest BCUT2D eigenvalue weighted by Gasteiger charge is -2.25. The molecule has 4 N–H and O–H groups in total. The van der Waals surface area contributed by atoms with E-state index < -0.39 is 35.8 Å². The van der Waals surface area contributed by atoms with Crippen molar-refractivity contribution in [1.82, 2.24) is 21.3 Å². The summed E-state index contributed by atoms with van der Waals surface area (Å²) in [5.74, 6) is -0.749. The van der Waals surface area contributed by atoms with Crippen molar-refractivity contribution < 1.29 is 28.7 Å². The summed E-state index contributed by atoms with van der Waals surface area (Å²) in [4.78, 5) is 49.7. The minimum Gasteiger partial charge on any atom is -0.445 e. The fourth-order valence-electron chi connectivity index (χ4n) is 3.59. The molecule has 2 aromatic carbocycles. The standard InChI is InChI=1S/C30H40N4O6/c1-30(2,3)40-29(38)34-25(16-11-19-32-28(37)39-21-23-14-9-6-10-15-23)27(36)33-24(17-18-26(35)31-4)20-22-12-7-5-8-13-22/h5-10,12-15,17-18,24-25H,11,16,19-21H2,1-4H3,(H,31,35)(H,32,37)(H,33,36)(H,34,38)/b18-17+/t24-,25+/m1/s1. The number of carbonyl (C=O) groups excluding carboxylic acids is 4. The van der Waals surface area contributed by atoms with Crippen LogP contribution in [-0.2, 0) is 32.1 Å². The summed E-state index contributed by atoms with van der Waals surface area (Å²) in [6.45, 7) is 5.56. The zero-order valence-corrected chi connectivity index (χ0v) is 23.6. The number of carbonyl (C=O) groups is 4. The van der Waals surface area contributed by atoms with E-state index in [1.54, 1.807) is 26.8 Å². The van der Waals surface area contributed by atoms with Crippen molar-refractivity contribution in [3.8, 4) is 0 Å². The van der Waals surface area contributed by atoms with E-state index in [2.05, 4.69) is 21.3 Å². The molecule has 0 spiro atoms. The summed E-state index contributed by atoms with van der Waals surface area (Å²) in [5, 5.41) is 10.7. The molecule has 10 nitrogen and oxygen atoms in total. The maximum atomic E-state index is 13.3. The number of rotatable bonds is 13. The lowest BCUT2D eigenvalue weighted by Crippen LogP contribution is -2.51. The summed E-state index contributed by atoms with van der Waals surface area (Å²) in [7, 11) is 1.52. The third-order valence-electron chi connectivity index (χ3n) is 5.51. The molecule has 0 aliphatic rings. The second kappa shape index (κ2) is 16.6. The van der Waals surface area contributed by atoms with Crippen molar-refractivity contribution in [2.24, 2.45) is 0 Å². The van der Waals surface area contributed by atoms with Crippen LogP contribution in [0.15, 0.2) is 72.8 Å². The predicted molar refractivity (Wildman–Crippen MR) is 152 cm³/mol. The van der Waals surface area contributed by atoms with Crippen LogP contribution in [-0.4, -0.2) is 55.3 Å². The maximum absolute atomic E-state index is 13.3. The lowest BCUT2D eigenvalue weighted by atomic mass is 10.0. The van der Waals surface area contributed by atoms with Gasteiger partial charge >= 0.3 is 12.2 Å². The van der Waals surface area contributed by atoms with Crippen LogP contribution in [0.5, 0.6) is 0 Å². The van der Waals surface area contributed by atoms with Gasteiger partial charge in [-0.05, 0) is 51.2 Å². The Morgan fingerprint density at radius 2 is 1.50 bits per heavy atom. The van der Waals surface area contributed by atoms with Gasteiger partial charge in [0.1, 0.15) is 18.2 Å². The van der Waals surface area contributed by atoms with E-state index in [0.717, 1.165) is 11.1 Å². The molecule has 2 atom stereocenters. The number of likely N-dealkylation sites (N-methyl/N-ethyl adjacent to an activating group) is 1. The van der Waals surface area contributed by atoms with Crippen molar-refractivity contribution in [1.29, 1.82) is 0 Å². The number of amides is 4. The Labute approximate surface area is 235 Å². The van der Waals surface area contributed by atoms with E-state index in [1.807, 2.05) is 60.7 Å². The van der Waals surface area contributed by atoms with Gasteiger partial charge in [-0.1, -0.05) is 66.7 Å². The third kappa shape index (κ3) is 13.5. The van der Waals surface area contributed by atoms with E-state index >= 15 is 0 Å². The van der Waals surface area contributed by atoms with Crippen LogP contribution in [0, 0.1) is 0 Å². The first-order valence-corrected chi connectivity index (χ1v) is 13.2. The minimum absolute atomic E-state index is 0.143. The van der Waals surface area contributed by atoms with Crippen LogP contribution in [0.4, 0.5) is 9.59 Å². The quantitative estimate of drug-likeness (QED) is 0.222. The molecule has 0 fully saturated rings. The van der Waals surface area contributed by atoms with Gasteiger partial charge < -0.3 is 30.7 Å². The van der Waals surface area contributed by atoms with Gasteiger partial charge in [-0.2, -0.15) is 0 Å². The average Bonchev–Trinajstić information content (AvgIpc) is 2.92. The van der Waals surface area contributed by atoms with Crippen molar-refractivity contribution >= 4 is 24.0 Å². The molecular weight excluding hydrogens is 512 g/mol. The predicted octanol–water partition coefficient (Wildman–Crippen LogP) is 3.62. The Morgan fingerprint density at radius 1 is 0.875 bits per heavy atom. The van der Waals surface area contributed by atoms with Crippen LogP contribution in [0.2, 0.25) is 0 Å². The van der Waals surface area contributed by atoms with Gasteiger partial charge in [-0.25, -0.2) is 9.59 Å². The number of ether oxygens (including phenoxy) is 2. The zero-order chi connectivity index (χ0) is 29.4. The van der Waals surface area contributed by atoms with Gasteiger partial charge in [0.05, 0.1) is 6.04 Å². The van der Waals surface area contributed by atoms with Crippen molar-refractivity contribution in [2.75, 3.05) is 13.6 Å². The van der Waals surface area contributed by atoms with Gasteiger partial charge in [0.25, 0.3) is 0 Å². The molecule has 0 radical (unpaired) electrons. The Bertz CT molecular complexity index is 1120. The average molecular weight is 553 g/mol. The monoisotopic (exact) mass is 552 g/mol. The number of nitrogens with one attached hydrogen (secondary N) is 4. The largest absolute Gasteiger partial charge is 0.445 e. The number of hydrogen-bond donors (Lipinski definition) is 4. The highest BCUT2D eigenvalue weighted by Crippen LogP contribution is 2.09. The van der Waals surface area contributed by atoms with E-state index in [9.17, 15) is 19.2 Å². The molecule has 0 unspecified atom stereocenters. The first-order valence-electron chi connectivity index (χ1n) is 13.2. The number of hydrogen-bond acceptors (Lipinski definition) is 6. The molecule has 4 amide bonds. The van der Waals surface area contributed by atoms with Gasteiger partial charge in [-0.15, -0.1) is 0 Å². The molecule has 216 valence electrons. The summed E-state index contributed by atoms with van der Waals surface area (Å²) < 4.78 is 10.6. The molecule has 0 saturated carbocycles. The van der Waals surface area contributed by atoms with Gasteiger partial charge in [-0.3, -0.25) is 9.59 Å². The summed E-state index contributed by atoms with van der Waals surface area (Å²) >= 11 is 0. The highest BCUT2D eigenvalue weighted by Gasteiger charge is 2.25. The van der Waals surface area contributed by atoms with E-state index in [0.29, 0.717) is 12.8 Å². The highest BCUT2D eigenvalue weighted by atomic mass is 16.6. The maximum Gasteiger partial charge on any atom is 0.408 e. The molecule has 0 aliphatic heterocycles. The minimum atomic E-state index is -0.941. The summed E-state index contributed by atoms with van der Waals surface area (Å²) in [5.41, 5.74) is 1.08. The Kier molecular flexibility index (Phi) is 13.2. The molecule has 0 aliphatic carbocycles. The Balaban J connectivity index is 2.01. The van der Waals surface area contributed by atoms with E-state index in [-0.39, 0.29) is 25.5 Å². The van der Waals surface area contributed by atoms with Gasteiger partial charge in [0.2, 0.25) is 11.8 Å². The highest BCUT2D eigenvalue weighted by molar-refractivity contribution is 5.88. The fourth-order valence-corrected chi connectivity index (χ4v) is 3.59. The second-order valence-electron chi connectivity index (χ2n) is 10.1. The number of alkyl carbamates (subject to hydrolysis) is 2. The van der Waals surface area contributed by atoms with E-state index in [4.69, 9.17) is 9.47 Å². The number of benzene rings is 2. The van der Waals surface area contributed by atoms with Gasteiger partial charge in [0.15, 0.2) is 0 Å². The fraction of sp³-hybridized carbons (Fsp3) is 0.400. The Hall–Kier alpha value is -4.34. The normalized spacial score (nSPS) is 12.6. The van der Waals surface area contributed by atoms with E-state index in [1.165, 1.54) is 13.1 Å². The van der Waals surface area contributed by atoms with Crippen LogP contribution >= 0.6 is 0 Å². The van der Waals surface area contributed by atoms with Crippen LogP contribution < -0.4 is 21.3 Å². The molecule has 40 heavy (non-hydrogen) atoms. The Morgan fingerprint density at radius 3 is 2.10 bits per heavy atom. The molecule has 0 saturated heterocycles. The lowest BCUT2D eigenvalue weighted by molar-refractivity contribution is -0.124. The molecule has 0 aromatic heterocycles. The van der Waals surface area contributed by atoms with Crippen molar-refractivity contribution in [3.05, 3.63) is 83.9 Å².